The van der Waals surface area contributed by atoms with Gasteiger partial charge in [0.25, 0.3) is 0 Å². The molecule has 0 amide bonds. The van der Waals surface area contributed by atoms with Gasteiger partial charge in [-0.05, 0) is 49.6 Å². The molecule has 0 aromatic heterocycles. The quantitative estimate of drug-likeness (QED) is 0.914. The van der Waals surface area contributed by atoms with Crippen molar-refractivity contribution < 1.29 is 0 Å². The second-order valence-electron chi connectivity index (χ2n) is 5.73. The minimum Gasteiger partial charge on any atom is -0.369 e. The van der Waals surface area contributed by atoms with Gasteiger partial charge >= 0.3 is 0 Å². The topological polar surface area (TPSA) is 41.6 Å². The summed E-state index contributed by atoms with van der Waals surface area (Å²) in [6.07, 6.45) is 0. The van der Waals surface area contributed by atoms with Crippen LogP contribution in [0.15, 0.2) is 47.5 Å². The summed E-state index contributed by atoms with van der Waals surface area (Å²) in [5.41, 5.74) is 12.4. The molecule has 1 unspecified atom stereocenters. The highest BCUT2D eigenvalue weighted by Crippen LogP contribution is 2.34. The average Bonchev–Trinajstić information content (AvgIpc) is 2.82. The van der Waals surface area contributed by atoms with Crippen LogP contribution in [0.2, 0.25) is 0 Å². The summed E-state index contributed by atoms with van der Waals surface area (Å²) < 4.78 is 0. The van der Waals surface area contributed by atoms with Gasteiger partial charge in [0.2, 0.25) is 0 Å². The summed E-state index contributed by atoms with van der Waals surface area (Å²) in [7, 11) is 0. The molecule has 1 heterocycles. The normalized spacial score (nSPS) is 18.0. The largest absolute Gasteiger partial charge is 0.369 e. The highest BCUT2D eigenvalue weighted by Gasteiger charge is 2.30. The molecule has 0 radical (unpaired) electrons. The highest BCUT2D eigenvalue weighted by atomic mass is 15.3. The van der Waals surface area contributed by atoms with Crippen molar-refractivity contribution in [3.05, 3.63) is 64.7 Å². The Morgan fingerprint density at radius 2 is 1.62 bits per heavy atom. The van der Waals surface area contributed by atoms with Crippen molar-refractivity contribution in [2.24, 2.45) is 10.7 Å². The zero-order chi connectivity index (χ0) is 15.0. The van der Waals surface area contributed by atoms with Crippen LogP contribution in [0.5, 0.6) is 0 Å². The number of nitrogens with zero attached hydrogens (tertiary/aromatic N) is 2. The molecule has 2 aromatic carbocycles. The Balaban J connectivity index is 2.05. The third-order valence-corrected chi connectivity index (χ3v) is 4.17. The number of guanidine groups is 1. The monoisotopic (exact) mass is 279 g/mol. The number of hydrogen-bond acceptors (Lipinski definition) is 3. The molecule has 0 aliphatic carbocycles. The summed E-state index contributed by atoms with van der Waals surface area (Å²) in [5.74, 6) is 0.603. The number of benzene rings is 2. The van der Waals surface area contributed by atoms with Gasteiger partial charge < -0.3 is 10.6 Å². The lowest BCUT2D eigenvalue weighted by Crippen LogP contribution is -2.36. The second-order valence-corrected chi connectivity index (χ2v) is 5.73. The zero-order valence-electron chi connectivity index (χ0n) is 12.8. The van der Waals surface area contributed by atoms with Gasteiger partial charge in [-0.2, -0.15) is 0 Å². The molecule has 0 spiro atoms. The Morgan fingerprint density at radius 3 is 2.24 bits per heavy atom. The number of rotatable bonds is 2. The molecule has 0 saturated heterocycles. The molecular weight excluding hydrogens is 258 g/mol. The highest BCUT2D eigenvalue weighted by molar-refractivity contribution is 5.97. The first kappa shape index (κ1) is 13.7. The van der Waals surface area contributed by atoms with Crippen molar-refractivity contribution >= 4 is 11.6 Å². The van der Waals surface area contributed by atoms with Crippen LogP contribution in [0.1, 0.15) is 28.3 Å². The number of nitrogens with two attached hydrogens (primary N) is 1. The van der Waals surface area contributed by atoms with Crippen molar-refractivity contribution in [2.75, 3.05) is 11.4 Å². The molecule has 2 N–H and O–H groups in total. The van der Waals surface area contributed by atoms with Crippen LogP contribution in [-0.2, 0) is 0 Å². The molecule has 1 atom stereocenters. The summed E-state index contributed by atoms with van der Waals surface area (Å²) in [6, 6.07) is 15.1. The smallest absolute Gasteiger partial charge is 0.196 e. The van der Waals surface area contributed by atoms with Crippen LogP contribution in [0.3, 0.4) is 0 Å². The van der Waals surface area contributed by atoms with E-state index < -0.39 is 0 Å². The van der Waals surface area contributed by atoms with Crippen molar-refractivity contribution in [3.63, 3.8) is 0 Å². The Labute approximate surface area is 126 Å². The van der Waals surface area contributed by atoms with Crippen molar-refractivity contribution in [2.45, 2.75) is 26.8 Å². The minimum atomic E-state index is 0.189. The molecule has 3 heteroatoms. The van der Waals surface area contributed by atoms with Crippen LogP contribution in [0.4, 0.5) is 5.69 Å². The lowest BCUT2D eigenvalue weighted by Gasteiger charge is -2.29. The van der Waals surface area contributed by atoms with E-state index in [0.29, 0.717) is 12.5 Å². The number of aliphatic imine (C=N–C) groups is 1. The molecule has 21 heavy (non-hydrogen) atoms. The van der Waals surface area contributed by atoms with Gasteiger partial charge in [-0.15, -0.1) is 0 Å². The van der Waals surface area contributed by atoms with Gasteiger partial charge in [-0.25, -0.2) is 0 Å². The molecule has 0 saturated carbocycles. The Morgan fingerprint density at radius 1 is 1.00 bits per heavy atom. The Bertz CT molecular complexity index is 666. The van der Waals surface area contributed by atoms with E-state index in [1.54, 1.807) is 0 Å². The lowest BCUT2D eigenvalue weighted by atomic mass is 9.95. The second kappa shape index (κ2) is 5.24. The van der Waals surface area contributed by atoms with Gasteiger partial charge in [0.1, 0.15) is 0 Å². The number of aryl methyl sites for hydroxylation is 3. The van der Waals surface area contributed by atoms with Crippen LogP contribution in [-0.4, -0.2) is 12.5 Å². The predicted molar refractivity (Wildman–Crippen MR) is 88.8 cm³/mol. The lowest BCUT2D eigenvalue weighted by molar-refractivity contribution is 0.756. The standard InChI is InChI=1S/C18H21N3/c1-12-7-9-15(10-8-12)21-16(11-20-18(21)19)17-13(2)5-4-6-14(17)3/h4-10,16H,11H2,1-3H3,(H2,19,20). The SMILES string of the molecule is Cc1ccc(N2C(N)=NCC2c2c(C)cccc2C)cc1. The van der Waals surface area contributed by atoms with Crippen LogP contribution >= 0.6 is 0 Å². The van der Waals surface area contributed by atoms with E-state index in [9.17, 15) is 0 Å². The molecular formula is C18H21N3. The molecule has 0 fully saturated rings. The fraction of sp³-hybridized carbons (Fsp3) is 0.278. The maximum absolute atomic E-state index is 6.15. The van der Waals surface area contributed by atoms with Gasteiger partial charge in [0, 0.05) is 5.69 Å². The molecule has 108 valence electrons. The van der Waals surface area contributed by atoms with Gasteiger partial charge in [-0.1, -0.05) is 35.9 Å². The summed E-state index contributed by atoms with van der Waals surface area (Å²) in [4.78, 5) is 6.62. The first-order valence-corrected chi connectivity index (χ1v) is 7.30. The van der Waals surface area contributed by atoms with E-state index in [4.69, 9.17) is 5.73 Å². The van der Waals surface area contributed by atoms with Gasteiger partial charge in [0.15, 0.2) is 5.96 Å². The summed E-state index contributed by atoms with van der Waals surface area (Å²) >= 11 is 0. The zero-order valence-corrected chi connectivity index (χ0v) is 12.8. The molecule has 3 nitrogen and oxygen atoms in total. The fourth-order valence-electron chi connectivity index (χ4n) is 3.09. The number of hydrogen-bond donors (Lipinski definition) is 1. The maximum atomic E-state index is 6.15. The molecule has 1 aliphatic heterocycles. The van der Waals surface area contributed by atoms with E-state index in [-0.39, 0.29) is 6.04 Å². The fourth-order valence-corrected chi connectivity index (χ4v) is 3.09. The molecule has 0 bridgehead atoms. The molecule has 2 aromatic rings. The minimum absolute atomic E-state index is 0.189. The van der Waals surface area contributed by atoms with Crippen LogP contribution in [0.25, 0.3) is 0 Å². The third kappa shape index (κ3) is 2.40. The van der Waals surface area contributed by atoms with E-state index in [1.807, 2.05) is 0 Å². The van der Waals surface area contributed by atoms with Crippen molar-refractivity contribution in [1.82, 2.24) is 0 Å². The van der Waals surface area contributed by atoms with Crippen molar-refractivity contribution in [1.29, 1.82) is 0 Å². The summed E-state index contributed by atoms with van der Waals surface area (Å²) in [5, 5.41) is 0. The molecule has 1 aliphatic rings. The van der Waals surface area contributed by atoms with E-state index >= 15 is 0 Å². The van der Waals surface area contributed by atoms with Crippen LogP contribution < -0.4 is 10.6 Å². The van der Waals surface area contributed by atoms with Gasteiger partial charge in [-0.3, -0.25) is 4.99 Å². The number of anilines is 1. The van der Waals surface area contributed by atoms with E-state index in [0.717, 1.165) is 5.69 Å². The maximum Gasteiger partial charge on any atom is 0.196 e. The van der Waals surface area contributed by atoms with Crippen LogP contribution in [0, 0.1) is 20.8 Å². The van der Waals surface area contributed by atoms with Gasteiger partial charge in [0.05, 0.1) is 12.6 Å². The van der Waals surface area contributed by atoms with Crippen molar-refractivity contribution in [3.8, 4) is 0 Å². The van der Waals surface area contributed by atoms with E-state index in [1.165, 1.54) is 22.3 Å². The first-order chi connectivity index (χ1) is 10.1. The first-order valence-electron chi connectivity index (χ1n) is 7.30. The third-order valence-electron chi connectivity index (χ3n) is 4.17. The molecule has 3 rings (SSSR count). The van der Waals surface area contributed by atoms with E-state index in [2.05, 4.69) is 73.1 Å². The Hall–Kier alpha value is -2.29. The predicted octanol–water partition coefficient (Wildman–Crippen LogP) is 3.49. The average molecular weight is 279 g/mol. The summed E-state index contributed by atoms with van der Waals surface area (Å²) in [6.45, 7) is 7.12. The Kier molecular flexibility index (Phi) is 3.42.